The van der Waals surface area contributed by atoms with E-state index in [1.54, 1.807) is 25.1 Å². The summed E-state index contributed by atoms with van der Waals surface area (Å²) in [7, 11) is 0.911. The molecule has 186 valence electrons. The van der Waals surface area contributed by atoms with E-state index in [1.807, 2.05) is 42.5 Å². The first-order valence-electron chi connectivity index (χ1n) is 11.1. The van der Waals surface area contributed by atoms with Gasteiger partial charge in [0.1, 0.15) is 17.3 Å². The third-order valence-corrected chi connectivity index (χ3v) is 6.41. The maximum Gasteiger partial charge on any atom is 0.302 e. The predicted molar refractivity (Wildman–Crippen MR) is 149 cm³/mol. The van der Waals surface area contributed by atoms with E-state index in [4.69, 9.17) is 21.0 Å². The number of hydrogen-bond acceptors (Lipinski definition) is 7. The van der Waals surface area contributed by atoms with Crippen molar-refractivity contribution in [1.82, 2.24) is 15.3 Å². The van der Waals surface area contributed by atoms with Crippen LogP contribution in [0, 0.1) is 0 Å². The number of hydrogen-bond donors (Lipinski definition) is 4. The number of aliphatic imine (C=N–C) groups is 1. The number of carbonyl (C=O) groups is 1. The Balaban J connectivity index is 1.48. The number of allylic oxidation sites excluding steroid dienone is 1. The Bertz CT molecular complexity index is 1610. The van der Waals surface area contributed by atoms with Crippen LogP contribution in [0.4, 0.5) is 11.7 Å². The molecule has 4 N–H and O–H groups in total. The molecule has 2 aromatic heterocycles. The molecular weight excluding hydrogens is 512 g/mol. The molecule has 5 rings (SSSR count). The summed E-state index contributed by atoms with van der Waals surface area (Å²) < 4.78 is 5.76. The number of benzene rings is 2. The van der Waals surface area contributed by atoms with Crippen LogP contribution in [0.25, 0.3) is 11.1 Å². The molecule has 0 fully saturated rings. The molecule has 1 aliphatic rings. The van der Waals surface area contributed by atoms with Crippen molar-refractivity contribution in [2.24, 2.45) is 4.99 Å². The summed E-state index contributed by atoms with van der Waals surface area (Å²) in [5, 5.41) is 19.4. The highest BCUT2D eigenvalue weighted by atomic mass is 35.5. The summed E-state index contributed by atoms with van der Waals surface area (Å²) in [6.07, 6.45) is 1.49. The first-order chi connectivity index (χ1) is 17.9. The molecule has 1 aliphatic heterocycles. The summed E-state index contributed by atoms with van der Waals surface area (Å²) in [5.74, 6) is 3.54. The number of nitrogens with zero attached hydrogens (tertiary/aromatic N) is 3. The number of carbonyl (C=O) groups excluding carboxylic acids is 1. The molecule has 0 bridgehead atoms. The minimum absolute atomic E-state index is 0.0562. The molecule has 9 nitrogen and oxygen atoms in total. The van der Waals surface area contributed by atoms with Gasteiger partial charge in [0, 0.05) is 28.2 Å². The minimum Gasteiger partial charge on any atom is -0.423 e. The summed E-state index contributed by atoms with van der Waals surface area (Å²) in [6.45, 7) is 1.78. The van der Waals surface area contributed by atoms with Gasteiger partial charge in [0.25, 0.3) is 5.91 Å². The van der Waals surface area contributed by atoms with Crippen molar-refractivity contribution in [2.45, 2.75) is 13.0 Å². The molecule has 0 saturated heterocycles. The van der Waals surface area contributed by atoms with Gasteiger partial charge >= 0.3 is 6.01 Å². The number of pyridine rings is 1. The third kappa shape index (κ3) is 5.17. The van der Waals surface area contributed by atoms with Crippen LogP contribution in [0.5, 0.6) is 0 Å². The topological polar surface area (TPSA) is 125 Å². The van der Waals surface area contributed by atoms with E-state index >= 15 is 0 Å². The molecule has 11 heteroatoms. The first-order valence-corrected chi connectivity index (χ1v) is 12.5. The summed E-state index contributed by atoms with van der Waals surface area (Å²) >= 11 is 6.53. The maximum absolute atomic E-state index is 13.5. The van der Waals surface area contributed by atoms with Crippen LogP contribution >= 0.6 is 22.5 Å². The second-order valence-electron chi connectivity index (χ2n) is 8.01. The second kappa shape index (κ2) is 10.4. The molecule has 0 saturated carbocycles. The highest BCUT2D eigenvalue weighted by Gasteiger charge is 2.31. The summed E-state index contributed by atoms with van der Waals surface area (Å²) in [5.41, 5.74) is 3.68. The highest BCUT2D eigenvalue weighted by molar-refractivity contribution is 7.96. The van der Waals surface area contributed by atoms with Crippen molar-refractivity contribution in [3.8, 4) is 0 Å². The Labute approximate surface area is 220 Å². The van der Waals surface area contributed by atoms with Gasteiger partial charge in [-0.15, -0.1) is 10.9 Å². The van der Waals surface area contributed by atoms with Crippen LogP contribution in [-0.4, -0.2) is 37.9 Å². The number of amides is 1. The Kier molecular flexibility index (Phi) is 6.87. The normalized spacial score (nSPS) is 15.1. The number of aliphatic hydroxyl groups is 1. The SMILES string of the molecule is C=S=C(O)c1cc(NC(=O)C2=C(C)NC(Nc3nc4ccccc4o3)=NC2c2ccccc2Cl)ccn1. The van der Waals surface area contributed by atoms with Crippen molar-refractivity contribution in [3.63, 3.8) is 0 Å². The van der Waals surface area contributed by atoms with Crippen LogP contribution in [0.2, 0.25) is 5.02 Å². The molecule has 1 amide bonds. The molecule has 1 unspecified atom stereocenters. The number of oxazole rings is 1. The van der Waals surface area contributed by atoms with Gasteiger partial charge in [-0.05, 0) is 43.1 Å². The zero-order chi connectivity index (χ0) is 25.9. The van der Waals surface area contributed by atoms with E-state index in [-0.39, 0.29) is 11.1 Å². The Hall–Kier alpha value is -4.25. The summed E-state index contributed by atoms with van der Waals surface area (Å²) in [4.78, 5) is 26.8. The molecule has 4 aromatic rings. The van der Waals surface area contributed by atoms with E-state index in [1.165, 1.54) is 6.20 Å². The van der Waals surface area contributed by atoms with Crippen LogP contribution in [-0.2, 0) is 4.79 Å². The largest absolute Gasteiger partial charge is 0.423 e. The zero-order valence-electron chi connectivity index (χ0n) is 19.5. The molecule has 37 heavy (non-hydrogen) atoms. The minimum atomic E-state index is -0.724. The molecule has 0 aliphatic carbocycles. The van der Waals surface area contributed by atoms with Crippen molar-refractivity contribution in [1.29, 1.82) is 0 Å². The van der Waals surface area contributed by atoms with Crippen molar-refractivity contribution in [3.05, 3.63) is 94.4 Å². The van der Waals surface area contributed by atoms with E-state index < -0.39 is 11.9 Å². The predicted octanol–water partition coefficient (Wildman–Crippen LogP) is 5.10. The first kappa shape index (κ1) is 24.4. The van der Waals surface area contributed by atoms with Gasteiger partial charge in [-0.1, -0.05) is 41.9 Å². The molecular formula is C26H21ClN6O3S. The number of anilines is 2. The average molecular weight is 533 g/mol. The van der Waals surface area contributed by atoms with E-state index in [0.29, 0.717) is 50.3 Å². The van der Waals surface area contributed by atoms with E-state index in [9.17, 15) is 9.90 Å². The smallest absolute Gasteiger partial charge is 0.302 e. The quantitative estimate of drug-likeness (QED) is 0.263. The van der Waals surface area contributed by atoms with E-state index in [2.05, 4.69) is 31.8 Å². The second-order valence-corrected chi connectivity index (χ2v) is 9.09. The lowest BCUT2D eigenvalue weighted by atomic mass is 9.95. The van der Waals surface area contributed by atoms with Crippen molar-refractivity contribution >= 4 is 68.1 Å². The van der Waals surface area contributed by atoms with Gasteiger partial charge in [-0.2, -0.15) is 4.98 Å². The van der Waals surface area contributed by atoms with E-state index in [0.717, 1.165) is 10.9 Å². The number of guanidine groups is 1. The third-order valence-electron chi connectivity index (χ3n) is 5.58. The van der Waals surface area contributed by atoms with Gasteiger partial charge in [0.2, 0.25) is 5.96 Å². The molecule has 3 heterocycles. The van der Waals surface area contributed by atoms with Crippen LogP contribution in [0.1, 0.15) is 24.2 Å². The lowest BCUT2D eigenvalue weighted by Gasteiger charge is -2.27. The number of fused-ring (bicyclic) bond motifs is 1. The van der Waals surface area contributed by atoms with Crippen LogP contribution < -0.4 is 16.0 Å². The maximum atomic E-state index is 13.5. The molecule has 1 atom stereocenters. The van der Waals surface area contributed by atoms with Crippen LogP contribution in [0.3, 0.4) is 0 Å². The Morgan fingerprint density at radius 2 is 1.97 bits per heavy atom. The van der Waals surface area contributed by atoms with Crippen molar-refractivity contribution in [2.75, 3.05) is 10.6 Å². The van der Waals surface area contributed by atoms with Crippen molar-refractivity contribution < 1.29 is 14.3 Å². The average Bonchev–Trinajstić information content (AvgIpc) is 3.30. The molecule has 0 radical (unpaired) electrons. The fraction of sp³-hybridized carbons (Fsp3) is 0.0769. The number of aromatic nitrogens is 2. The number of halogens is 1. The van der Waals surface area contributed by atoms with Crippen LogP contribution in [0.15, 0.2) is 87.5 Å². The number of rotatable bonds is 5. The number of aliphatic hydroxyl groups excluding tert-OH is 1. The Morgan fingerprint density at radius 1 is 1.19 bits per heavy atom. The fourth-order valence-electron chi connectivity index (χ4n) is 3.88. The number of nitrogens with one attached hydrogen (secondary N) is 3. The lowest BCUT2D eigenvalue weighted by molar-refractivity contribution is -0.113. The Morgan fingerprint density at radius 3 is 2.76 bits per heavy atom. The van der Waals surface area contributed by atoms with Gasteiger partial charge in [0.15, 0.2) is 10.6 Å². The monoisotopic (exact) mass is 532 g/mol. The fourth-order valence-corrected chi connectivity index (χ4v) is 4.38. The standard InChI is InChI=1S/C26H21ClN6O3S/c1-14-21(23(34)30-15-11-12-28-19(13-15)24(35)37-2)22(16-7-3-4-8-17(16)27)32-25(29-14)33-26-31-18-9-5-6-10-20(18)36-26/h3-13,22,35H,2H2,1H3,(H,28,30,34)(H2,29,31,32,33). The van der Waals surface area contributed by atoms with Gasteiger partial charge in [-0.25, -0.2) is 4.99 Å². The lowest BCUT2D eigenvalue weighted by Crippen LogP contribution is -2.37. The van der Waals surface area contributed by atoms with Gasteiger partial charge in [-0.3, -0.25) is 15.1 Å². The molecule has 2 aromatic carbocycles. The highest BCUT2D eigenvalue weighted by Crippen LogP contribution is 2.35. The molecule has 0 spiro atoms. The zero-order valence-corrected chi connectivity index (χ0v) is 21.1. The summed E-state index contributed by atoms with van der Waals surface area (Å²) in [6, 6.07) is 17.3. The number of para-hydroxylation sites is 2. The van der Waals surface area contributed by atoms with Gasteiger partial charge < -0.3 is 20.2 Å². The van der Waals surface area contributed by atoms with Gasteiger partial charge in [0.05, 0.1) is 5.57 Å².